The third kappa shape index (κ3) is 1.88. The van der Waals surface area contributed by atoms with Crippen LogP contribution in [-0.2, 0) is 5.41 Å². The lowest BCUT2D eigenvalue weighted by molar-refractivity contribution is 0.327. The van der Waals surface area contributed by atoms with Crippen LogP contribution in [0, 0.1) is 11.3 Å². The summed E-state index contributed by atoms with van der Waals surface area (Å²) in [6.45, 7) is 3.48. The Labute approximate surface area is 116 Å². The minimum absolute atomic E-state index is 0.142. The highest BCUT2D eigenvalue weighted by Gasteiger charge is 2.38. The SMILES string of the molecule is CC(C)(C#N)c1nc2n(n1)[C@H](c1ccccc1)C[C@@H]2F. The van der Waals surface area contributed by atoms with E-state index >= 15 is 0 Å². The molecule has 1 aliphatic heterocycles. The molecule has 0 aliphatic carbocycles. The van der Waals surface area contributed by atoms with Gasteiger partial charge in [0, 0.05) is 6.42 Å². The highest BCUT2D eigenvalue weighted by molar-refractivity contribution is 5.25. The van der Waals surface area contributed by atoms with Crippen LogP contribution in [0.4, 0.5) is 4.39 Å². The lowest BCUT2D eigenvalue weighted by Gasteiger charge is -2.13. The van der Waals surface area contributed by atoms with Gasteiger partial charge >= 0.3 is 0 Å². The molecule has 3 rings (SSSR count). The maximum atomic E-state index is 14.2. The molecule has 102 valence electrons. The molecule has 0 fully saturated rings. The number of halogens is 1. The number of alkyl halides is 1. The van der Waals surface area contributed by atoms with Crippen molar-refractivity contribution < 1.29 is 4.39 Å². The molecule has 1 aromatic heterocycles. The Bertz CT molecular complexity index is 669. The van der Waals surface area contributed by atoms with Gasteiger partial charge in [0.15, 0.2) is 17.8 Å². The summed E-state index contributed by atoms with van der Waals surface area (Å²) in [7, 11) is 0. The third-order valence-corrected chi connectivity index (χ3v) is 3.69. The highest BCUT2D eigenvalue weighted by Crippen LogP contribution is 2.40. The van der Waals surface area contributed by atoms with Gasteiger partial charge in [-0.3, -0.25) is 0 Å². The van der Waals surface area contributed by atoms with Crippen molar-refractivity contribution >= 4 is 0 Å². The van der Waals surface area contributed by atoms with Crippen LogP contribution in [0.2, 0.25) is 0 Å². The fourth-order valence-electron chi connectivity index (χ4n) is 2.45. The molecule has 4 nitrogen and oxygen atoms in total. The van der Waals surface area contributed by atoms with Gasteiger partial charge in [0.2, 0.25) is 0 Å². The van der Waals surface area contributed by atoms with Crippen molar-refractivity contribution in [1.82, 2.24) is 14.8 Å². The summed E-state index contributed by atoms with van der Waals surface area (Å²) in [4.78, 5) is 4.24. The van der Waals surface area contributed by atoms with E-state index in [1.54, 1.807) is 18.5 Å². The van der Waals surface area contributed by atoms with Crippen molar-refractivity contribution in [2.45, 2.75) is 37.9 Å². The van der Waals surface area contributed by atoms with Gasteiger partial charge in [-0.05, 0) is 19.4 Å². The van der Waals surface area contributed by atoms with Crippen molar-refractivity contribution in [3.63, 3.8) is 0 Å². The number of hydrogen-bond donors (Lipinski definition) is 0. The Morgan fingerprint density at radius 1 is 1.35 bits per heavy atom. The largest absolute Gasteiger partial charge is 0.239 e. The van der Waals surface area contributed by atoms with E-state index in [1.807, 2.05) is 30.3 Å². The molecule has 0 saturated heterocycles. The van der Waals surface area contributed by atoms with Gasteiger partial charge in [0.25, 0.3) is 0 Å². The van der Waals surface area contributed by atoms with E-state index in [4.69, 9.17) is 5.26 Å². The molecule has 0 saturated carbocycles. The molecular formula is C15H15FN4. The molecule has 2 atom stereocenters. The molecule has 0 spiro atoms. The summed E-state index contributed by atoms with van der Waals surface area (Å²) in [5, 5.41) is 13.5. The molecule has 0 bridgehead atoms. The predicted molar refractivity (Wildman–Crippen MR) is 71.7 cm³/mol. The number of aromatic nitrogens is 3. The summed E-state index contributed by atoms with van der Waals surface area (Å²) in [6, 6.07) is 11.7. The molecule has 1 aliphatic rings. The van der Waals surface area contributed by atoms with E-state index in [2.05, 4.69) is 16.2 Å². The average Bonchev–Trinajstić information content (AvgIpc) is 3.01. The molecule has 0 unspecified atom stereocenters. The van der Waals surface area contributed by atoms with Crippen molar-refractivity contribution in [2.24, 2.45) is 0 Å². The van der Waals surface area contributed by atoms with Crippen LogP contribution < -0.4 is 0 Å². The van der Waals surface area contributed by atoms with Crippen LogP contribution in [0.15, 0.2) is 30.3 Å². The predicted octanol–water partition coefficient (Wildman–Crippen LogP) is 3.08. The number of benzene rings is 1. The Morgan fingerprint density at radius 2 is 2.05 bits per heavy atom. The molecule has 5 heteroatoms. The zero-order valence-corrected chi connectivity index (χ0v) is 11.4. The van der Waals surface area contributed by atoms with Crippen molar-refractivity contribution in [2.75, 3.05) is 0 Å². The number of rotatable bonds is 2. The van der Waals surface area contributed by atoms with Gasteiger partial charge in [0.1, 0.15) is 5.41 Å². The summed E-state index contributed by atoms with van der Waals surface area (Å²) >= 11 is 0. The van der Waals surface area contributed by atoms with Gasteiger partial charge in [-0.25, -0.2) is 14.1 Å². The second-order valence-electron chi connectivity index (χ2n) is 5.60. The maximum absolute atomic E-state index is 14.2. The summed E-state index contributed by atoms with van der Waals surface area (Å²) in [6.07, 6.45) is -0.775. The summed E-state index contributed by atoms with van der Waals surface area (Å²) < 4.78 is 15.8. The van der Waals surface area contributed by atoms with Gasteiger partial charge in [-0.15, -0.1) is 0 Å². The maximum Gasteiger partial charge on any atom is 0.170 e. The quantitative estimate of drug-likeness (QED) is 0.842. The number of fused-ring (bicyclic) bond motifs is 1. The van der Waals surface area contributed by atoms with Crippen LogP contribution in [0.1, 0.15) is 49.7 Å². The van der Waals surface area contributed by atoms with E-state index in [0.717, 1.165) is 5.56 Å². The smallest absolute Gasteiger partial charge is 0.170 e. The minimum atomic E-state index is -1.13. The van der Waals surface area contributed by atoms with E-state index in [1.165, 1.54) is 0 Å². The number of hydrogen-bond acceptors (Lipinski definition) is 3. The van der Waals surface area contributed by atoms with Crippen molar-refractivity contribution in [1.29, 1.82) is 5.26 Å². The Morgan fingerprint density at radius 3 is 2.70 bits per heavy atom. The lowest BCUT2D eigenvalue weighted by Crippen LogP contribution is -2.18. The lowest BCUT2D eigenvalue weighted by atomic mass is 9.95. The molecule has 20 heavy (non-hydrogen) atoms. The highest BCUT2D eigenvalue weighted by atomic mass is 19.1. The first-order valence-corrected chi connectivity index (χ1v) is 6.60. The van der Waals surface area contributed by atoms with E-state index in [9.17, 15) is 4.39 Å². The van der Waals surface area contributed by atoms with E-state index in [0.29, 0.717) is 18.1 Å². The Hall–Kier alpha value is -2.22. The average molecular weight is 270 g/mol. The Kier molecular flexibility index (Phi) is 2.82. The molecule has 1 aromatic carbocycles. The first kappa shape index (κ1) is 12.8. The monoisotopic (exact) mass is 270 g/mol. The van der Waals surface area contributed by atoms with Crippen LogP contribution in [0.3, 0.4) is 0 Å². The zero-order valence-electron chi connectivity index (χ0n) is 11.4. The van der Waals surface area contributed by atoms with E-state index in [-0.39, 0.29) is 6.04 Å². The number of nitrogens with zero attached hydrogens (tertiary/aromatic N) is 4. The van der Waals surface area contributed by atoms with Gasteiger partial charge in [-0.2, -0.15) is 10.4 Å². The summed E-state index contributed by atoms with van der Waals surface area (Å²) in [5.74, 6) is 0.718. The van der Waals surface area contributed by atoms with Crippen molar-refractivity contribution in [3.8, 4) is 6.07 Å². The van der Waals surface area contributed by atoms with Gasteiger partial charge in [-0.1, -0.05) is 30.3 Å². The first-order valence-electron chi connectivity index (χ1n) is 6.60. The first-order chi connectivity index (χ1) is 9.53. The van der Waals surface area contributed by atoms with Crippen LogP contribution >= 0.6 is 0 Å². The zero-order chi connectivity index (χ0) is 14.3. The molecule has 0 radical (unpaired) electrons. The number of nitriles is 1. The minimum Gasteiger partial charge on any atom is -0.239 e. The fraction of sp³-hybridized carbons (Fsp3) is 0.400. The van der Waals surface area contributed by atoms with Gasteiger partial charge in [0.05, 0.1) is 12.1 Å². The topological polar surface area (TPSA) is 54.5 Å². The molecule has 2 aromatic rings. The van der Waals surface area contributed by atoms with Crippen LogP contribution in [0.25, 0.3) is 0 Å². The van der Waals surface area contributed by atoms with Crippen LogP contribution in [-0.4, -0.2) is 14.8 Å². The van der Waals surface area contributed by atoms with Crippen LogP contribution in [0.5, 0.6) is 0 Å². The second kappa shape index (κ2) is 4.41. The van der Waals surface area contributed by atoms with E-state index < -0.39 is 11.6 Å². The molecule has 0 N–H and O–H groups in total. The van der Waals surface area contributed by atoms with Gasteiger partial charge < -0.3 is 0 Å². The fourth-order valence-corrected chi connectivity index (χ4v) is 2.45. The summed E-state index contributed by atoms with van der Waals surface area (Å²) in [5.41, 5.74) is 0.207. The third-order valence-electron chi connectivity index (χ3n) is 3.69. The molecule has 0 amide bonds. The normalized spacial score (nSPS) is 21.5. The van der Waals surface area contributed by atoms with Crippen molar-refractivity contribution in [3.05, 3.63) is 47.5 Å². The molecule has 2 heterocycles. The second-order valence-corrected chi connectivity index (χ2v) is 5.60. The Balaban J connectivity index is 2.05. The standard InChI is InChI=1S/C15H15FN4/c1-15(2,9-17)14-18-13-11(16)8-12(20(13)19-14)10-6-4-3-5-7-10/h3-7,11-12H,8H2,1-2H3/t11-,12-/m0/s1. The molecular weight excluding hydrogens is 255 g/mol.